The van der Waals surface area contributed by atoms with Crippen molar-refractivity contribution in [2.45, 2.75) is 12.8 Å². The summed E-state index contributed by atoms with van der Waals surface area (Å²) in [5.41, 5.74) is 13.0. The van der Waals surface area contributed by atoms with Crippen LogP contribution < -0.4 is 11.5 Å². The van der Waals surface area contributed by atoms with Crippen LogP contribution in [0.15, 0.2) is 48.5 Å². The quantitative estimate of drug-likeness (QED) is 0.603. The van der Waals surface area contributed by atoms with Gasteiger partial charge in [-0.15, -0.1) is 0 Å². The van der Waals surface area contributed by atoms with Gasteiger partial charge in [0.25, 0.3) is 0 Å². The van der Waals surface area contributed by atoms with E-state index in [4.69, 9.17) is 17.5 Å². The van der Waals surface area contributed by atoms with Gasteiger partial charge >= 0.3 is 0 Å². The summed E-state index contributed by atoms with van der Waals surface area (Å²) in [4.78, 5) is 0. The van der Waals surface area contributed by atoms with Crippen LogP contribution in [0.25, 0.3) is 0 Å². The summed E-state index contributed by atoms with van der Waals surface area (Å²) in [5, 5.41) is 0. The Hall–Kier alpha value is -1.77. The van der Waals surface area contributed by atoms with Crippen LogP contribution >= 0.6 is 0 Å². The third-order valence-corrected chi connectivity index (χ3v) is 2.90. The molecule has 0 unspecified atom stereocenters. The van der Waals surface area contributed by atoms with E-state index in [0.717, 1.165) is 24.2 Å². The van der Waals surface area contributed by atoms with Crippen molar-refractivity contribution in [3.8, 4) is 0 Å². The maximum absolute atomic E-state index is 8.52. The molecule has 0 aliphatic heterocycles. The first kappa shape index (κ1) is 17.3. The second-order valence-electron chi connectivity index (χ2n) is 4.45. The average molecular weight is 310 g/mol. The molecule has 6 N–H and O–H groups in total. The summed E-state index contributed by atoms with van der Waals surface area (Å²) < 4.78 is 34.1. The smallest absolute Gasteiger partial charge is 0.131 e. The van der Waals surface area contributed by atoms with Crippen LogP contribution in [0.4, 0.5) is 11.4 Å². The zero-order valence-electron chi connectivity index (χ0n) is 11.5. The summed E-state index contributed by atoms with van der Waals surface area (Å²) in [6, 6.07) is 16.6. The average Bonchev–Trinajstić information content (AvgIpc) is 2.37. The molecule has 0 spiro atoms. The second-order valence-corrected chi connectivity index (χ2v) is 5.26. The molecule has 0 saturated heterocycles. The zero-order valence-corrected chi connectivity index (χ0v) is 12.3. The molecular formula is C14H18N2O4S. The molecule has 114 valence electrons. The van der Waals surface area contributed by atoms with Gasteiger partial charge in [0.05, 0.1) is 0 Å². The number of rotatable bonds is 3. The lowest BCUT2D eigenvalue weighted by Crippen LogP contribution is -2.42. The molecule has 0 heterocycles. The maximum Gasteiger partial charge on any atom is 0.131 e. The predicted octanol–water partition coefficient (Wildman–Crippen LogP) is -0.119. The summed E-state index contributed by atoms with van der Waals surface area (Å²) in [7, 11) is -5.17. The lowest BCUT2D eigenvalue weighted by atomic mass is 10.0. The van der Waals surface area contributed by atoms with Crippen molar-refractivity contribution in [2.75, 3.05) is 0 Å². The summed E-state index contributed by atoms with van der Waals surface area (Å²) >= 11 is 0. The van der Waals surface area contributed by atoms with Gasteiger partial charge in [0, 0.05) is 21.5 Å². The molecule has 0 fully saturated rings. The van der Waals surface area contributed by atoms with Gasteiger partial charge in [0.15, 0.2) is 0 Å². The molecule has 6 nitrogen and oxygen atoms in total. The molecule has 0 amide bonds. The fourth-order valence-electron chi connectivity index (χ4n) is 1.87. The van der Waals surface area contributed by atoms with E-state index in [2.05, 4.69) is 47.9 Å². The molecule has 0 atom stereocenters. The second kappa shape index (κ2) is 7.87. The molecule has 0 aliphatic carbocycles. The number of quaternary nitrogens is 2. The van der Waals surface area contributed by atoms with E-state index in [1.165, 1.54) is 11.1 Å². The Bertz CT molecular complexity index is 633. The van der Waals surface area contributed by atoms with E-state index in [-0.39, 0.29) is 0 Å². The summed E-state index contributed by atoms with van der Waals surface area (Å²) in [6.07, 6.45) is 2.07. The first-order valence-corrected chi connectivity index (χ1v) is 7.57. The van der Waals surface area contributed by atoms with Crippen LogP contribution in [-0.2, 0) is 23.2 Å². The highest BCUT2D eigenvalue weighted by Crippen LogP contribution is 2.15. The number of hydrogen-bond acceptors (Lipinski definition) is 4. The number of benzene rings is 2. The van der Waals surface area contributed by atoms with Gasteiger partial charge in [-0.3, -0.25) is 8.42 Å². The van der Waals surface area contributed by atoms with Crippen molar-refractivity contribution in [3.05, 3.63) is 59.7 Å². The minimum Gasteiger partial charge on any atom is -0.759 e. The molecule has 0 saturated carbocycles. The van der Waals surface area contributed by atoms with E-state index in [9.17, 15) is 0 Å². The van der Waals surface area contributed by atoms with Crippen molar-refractivity contribution < 1.29 is 29.0 Å². The fourth-order valence-corrected chi connectivity index (χ4v) is 1.87. The van der Waals surface area contributed by atoms with Crippen molar-refractivity contribution >= 4 is 21.8 Å². The van der Waals surface area contributed by atoms with Crippen LogP contribution in [0.1, 0.15) is 11.1 Å². The largest absolute Gasteiger partial charge is 0.759 e. The molecule has 2 aromatic carbocycles. The van der Waals surface area contributed by atoms with Crippen LogP contribution in [0, 0.1) is 0 Å². The van der Waals surface area contributed by atoms with E-state index in [0.29, 0.717) is 0 Å². The first-order chi connectivity index (χ1) is 9.77. The zero-order chi connectivity index (χ0) is 15.9. The Labute approximate surface area is 124 Å². The van der Waals surface area contributed by atoms with Crippen molar-refractivity contribution in [1.29, 1.82) is 0 Å². The van der Waals surface area contributed by atoms with Gasteiger partial charge < -0.3 is 20.6 Å². The normalized spacial score (nSPS) is 10.7. The molecule has 2 aromatic rings. The van der Waals surface area contributed by atoms with Crippen LogP contribution in [0.5, 0.6) is 0 Å². The van der Waals surface area contributed by atoms with Gasteiger partial charge in [-0.1, -0.05) is 36.4 Å². The molecule has 2 rings (SSSR count). The fraction of sp³-hybridized carbons (Fsp3) is 0.143. The minimum atomic E-state index is -5.17. The minimum absolute atomic E-state index is 1.03. The highest BCUT2D eigenvalue weighted by atomic mass is 32.3. The van der Waals surface area contributed by atoms with E-state index >= 15 is 0 Å². The van der Waals surface area contributed by atoms with Crippen molar-refractivity contribution in [2.24, 2.45) is 0 Å². The van der Waals surface area contributed by atoms with Crippen molar-refractivity contribution in [1.82, 2.24) is 0 Å². The molecule has 0 aromatic heterocycles. The van der Waals surface area contributed by atoms with E-state index < -0.39 is 10.4 Å². The summed E-state index contributed by atoms with van der Waals surface area (Å²) in [6.45, 7) is 0. The topological polar surface area (TPSA) is 136 Å². The van der Waals surface area contributed by atoms with E-state index in [1.807, 2.05) is 12.1 Å². The Morgan fingerprint density at radius 2 is 1.05 bits per heavy atom. The maximum atomic E-state index is 8.52. The van der Waals surface area contributed by atoms with Crippen LogP contribution in [0.2, 0.25) is 0 Å². The predicted molar refractivity (Wildman–Crippen MR) is 75.9 cm³/mol. The molecule has 7 heteroatoms. The Morgan fingerprint density at radius 1 is 0.762 bits per heavy atom. The van der Waals surface area contributed by atoms with Crippen LogP contribution in [-0.4, -0.2) is 17.5 Å². The van der Waals surface area contributed by atoms with Crippen LogP contribution in [0.3, 0.4) is 0 Å². The first-order valence-electron chi connectivity index (χ1n) is 6.24. The third kappa shape index (κ3) is 7.54. The Balaban J connectivity index is 0.000000383. The number of aryl methyl sites for hydroxylation is 2. The lowest BCUT2D eigenvalue weighted by molar-refractivity contribution is -0.257. The Morgan fingerprint density at radius 3 is 1.33 bits per heavy atom. The third-order valence-electron chi connectivity index (χ3n) is 2.90. The molecule has 0 radical (unpaired) electrons. The molecule has 0 bridgehead atoms. The highest BCUT2D eigenvalue weighted by molar-refractivity contribution is 7.79. The van der Waals surface area contributed by atoms with E-state index in [1.54, 1.807) is 0 Å². The molecular weight excluding hydrogens is 292 g/mol. The summed E-state index contributed by atoms with van der Waals surface area (Å²) in [5.74, 6) is 0. The highest BCUT2D eigenvalue weighted by Gasteiger charge is 2.04. The lowest BCUT2D eigenvalue weighted by Gasteiger charge is -2.06. The van der Waals surface area contributed by atoms with Gasteiger partial charge in [-0.25, -0.2) is 0 Å². The SMILES string of the molecule is O=S(=O)([O-])[O-].[NH3+]c1ccccc1CCc1ccccc1[NH3+]. The standard InChI is InChI=1S/C14H16N2.H2O4S/c15-13-7-3-1-5-11(13)9-10-12-6-2-4-8-14(12)16;1-5(2,3)4/h1-8H,9-10,15-16H2;(H2,1,2,3,4). The molecule has 0 aliphatic rings. The Kier molecular flexibility index (Phi) is 6.47. The van der Waals surface area contributed by atoms with Gasteiger partial charge in [0.1, 0.15) is 11.4 Å². The monoisotopic (exact) mass is 310 g/mol. The van der Waals surface area contributed by atoms with Crippen molar-refractivity contribution in [3.63, 3.8) is 0 Å². The van der Waals surface area contributed by atoms with Gasteiger partial charge in [-0.05, 0) is 25.0 Å². The number of hydrogen-bond donors (Lipinski definition) is 2. The van der Waals surface area contributed by atoms with Gasteiger partial charge in [-0.2, -0.15) is 0 Å². The van der Waals surface area contributed by atoms with Gasteiger partial charge in [0.2, 0.25) is 0 Å². The molecule has 21 heavy (non-hydrogen) atoms.